The first-order chi connectivity index (χ1) is 13.4. The van der Waals surface area contributed by atoms with Gasteiger partial charge in [-0.05, 0) is 24.3 Å². The van der Waals surface area contributed by atoms with Crippen LogP contribution in [0, 0.1) is 0 Å². The van der Waals surface area contributed by atoms with Crippen LogP contribution in [0.2, 0.25) is 0 Å². The van der Waals surface area contributed by atoms with E-state index in [1.165, 1.54) is 22.5 Å². The Morgan fingerprint density at radius 2 is 0.679 bits per heavy atom. The molecule has 0 aromatic heterocycles. The van der Waals surface area contributed by atoms with Gasteiger partial charge in [0.05, 0.1) is 0 Å². The molecule has 0 heterocycles. The molecular weight excluding hydrogens is 406 g/mol. The maximum atomic E-state index is 2.25. The van der Waals surface area contributed by atoms with Crippen LogP contribution < -0.4 is 21.5 Å². The van der Waals surface area contributed by atoms with Gasteiger partial charge in [-0.15, -0.1) is 0 Å². The molecule has 4 aromatic rings. The zero-order valence-corrected chi connectivity index (χ0v) is 17.4. The molecule has 1 nitrogen and oxygen atoms in total. The molecular formula is C26H24BrN. The van der Waals surface area contributed by atoms with E-state index in [1.54, 1.807) is 0 Å². The second kappa shape index (κ2) is 9.50. The summed E-state index contributed by atoms with van der Waals surface area (Å²) < 4.78 is 0.760. The van der Waals surface area contributed by atoms with Crippen LogP contribution in [0.3, 0.4) is 0 Å². The summed E-state index contributed by atoms with van der Waals surface area (Å²) in [5.41, 5.74) is 5.27. The average molecular weight is 430 g/mol. The van der Waals surface area contributed by atoms with Gasteiger partial charge in [-0.1, -0.05) is 97.1 Å². The first kappa shape index (κ1) is 20.1. The van der Waals surface area contributed by atoms with Crippen molar-refractivity contribution < 1.29 is 17.0 Å². The molecule has 0 radical (unpaired) electrons. The Morgan fingerprint density at radius 1 is 0.393 bits per heavy atom. The summed E-state index contributed by atoms with van der Waals surface area (Å²) in [5.74, 6) is 0. The normalized spacial score (nSPS) is 10.9. The third-order valence-corrected chi connectivity index (χ3v) is 5.09. The summed E-state index contributed by atoms with van der Waals surface area (Å²) in [6.45, 7) is 1.81. The van der Waals surface area contributed by atoms with Gasteiger partial charge in [-0.2, -0.15) is 0 Å². The van der Waals surface area contributed by atoms with E-state index in [0.29, 0.717) is 0 Å². The quantitative estimate of drug-likeness (QED) is 0.409. The second-order valence-corrected chi connectivity index (χ2v) is 6.93. The molecule has 0 aliphatic rings. The molecule has 4 aromatic carbocycles. The minimum atomic E-state index is 0. The molecule has 0 spiro atoms. The molecule has 0 aliphatic carbocycles. The standard InChI is InChI=1S/C26H24N.BrH/c1-5-13-23(14-6-1)21-27(25-17-9-3-10-18-25,26-19-11-4-12-20-26)22-24-15-7-2-8-16-24;/h1-20H,21-22H2;1H/q+1;/p-1. The van der Waals surface area contributed by atoms with Crippen molar-refractivity contribution in [1.82, 2.24) is 4.48 Å². The monoisotopic (exact) mass is 429 g/mol. The van der Waals surface area contributed by atoms with Crippen molar-refractivity contribution >= 4 is 11.4 Å². The summed E-state index contributed by atoms with van der Waals surface area (Å²) in [4.78, 5) is 0. The Hall–Kier alpha value is -2.68. The minimum absolute atomic E-state index is 0. The molecule has 0 N–H and O–H groups in total. The Kier molecular flexibility index (Phi) is 6.80. The van der Waals surface area contributed by atoms with Gasteiger partial charge in [0.25, 0.3) is 0 Å². The van der Waals surface area contributed by atoms with Crippen LogP contribution in [0.15, 0.2) is 121 Å². The van der Waals surface area contributed by atoms with Crippen molar-refractivity contribution in [2.75, 3.05) is 0 Å². The van der Waals surface area contributed by atoms with Crippen LogP contribution in [0.5, 0.6) is 0 Å². The van der Waals surface area contributed by atoms with Crippen molar-refractivity contribution in [3.63, 3.8) is 0 Å². The van der Waals surface area contributed by atoms with Gasteiger partial charge in [-0.25, -0.2) is 0 Å². The minimum Gasteiger partial charge on any atom is -1.00 e. The zero-order chi connectivity index (χ0) is 18.4. The molecule has 28 heavy (non-hydrogen) atoms. The maximum Gasteiger partial charge on any atom is 0.138 e. The molecule has 0 saturated heterocycles. The third-order valence-electron chi connectivity index (χ3n) is 5.09. The summed E-state index contributed by atoms with van der Waals surface area (Å²) in [6.07, 6.45) is 0. The van der Waals surface area contributed by atoms with E-state index in [4.69, 9.17) is 0 Å². The average Bonchev–Trinajstić information content (AvgIpc) is 2.76. The Balaban J connectivity index is 0.00000225. The highest BCUT2D eigenvalue weighted by Gasteiger charge is 2.34. The first-order valence-corrected chi connectivity index (χ1v) is 9.43. The topological polar surface area (TPSA) is 0 Å². The lowest BCUT2D eigenvalue weighted by atomic mass is 10.1. The molecule has 0 atom stereocenters. The van der Waals surface area contributed by atoms with Crippen LogP contribution in [-0.2, 0) is 13.1 Å². The number of hydrogen-bond acceptors (Lipinski definition) is 0. The van der Waals surface area contributed by atoms with Crippen LogP contribution >= 0.6 is 0 Å². The van der Waals surface area contributed by atoms with Crippen molar-refractivity contribution in [2.24, 2.45) is 0 Å². The van der Waals surface area contributed by atoms with E-state index < -0.39 is 0 Å². The predicted octanol–water partition coefficient (Wildman–Crippen LogP) is 3.73. The number of rotatable bonds is 6. The molecule has 0 amide bonds. The predicted molar refractivity (Wildman–Crippen MR) is 115 cm³/mol. The molecule has 2 heteroatoms. The van der Waals surface area contributed by atoms with E-state index in [0.717, 1.165) is 17.6 Å². The van der Waals surface area contributed by atoms with Crippen molar-refractivity contribution in [3.05, 3.63) is 132 Å². The van der Waals surface area contributed by atoms with E-state index in [-0.39, 0.29) is 17.0 Å². The summed E-state index contributed by atoms with van der Waals surface area (Å²) in [5, 5.41) is 0. The highest BCUT2D eigenvalue weighted by Crippen LogP contribution is 2.38. The fourth-order valence-corrected chi connectivity index (χ4v) is 3.79. The van der Waals surface area contributed by atoms with E-state index in [1.807, 2.05) is 0 Å². The smallest absolute Gasteiger partial charge is 0.138 e. The van der Waals surface area contributed by atoms with Gasteiger partial charge in [-0.3, -0.25) is 4.48 Å². The number of para-hydroxylation sites is 2. The maximum absolute atomic E-state index is 2.25. The van der Waals surface area contributed by atoms with E-state index >= 15 is 0 Å². The molecule has 0 aliphatic heterocycles. The number of hydrogen-bond donors (Lipinski definition) is 0. The second-order valence-electron chi connectivity index (χ2n) is 6.93. The number of halogens is 1. The third kappa shape index (κ3) is 4.41. The highest BCUT2D eigenvalue weighted by molar-refractivity contribution is 5.59. The van der Waals surface area contributed by atoms with Gasteiger partial charge in [0.15, 0.2) is 0 Å². The van der Waals surface area contributed by atoms with Crippen molar-refractivity contribution in [3.8, 4) is 0 Å². The molecule has 140 valence electrons. The highest BCUT2D eigenvalue weighted by atomic mass is 79.9. The van der Waals surface area contributed by atoms with Gasteiger partial charge < -0.3 is 17.0 Å². The summed E-state index contributed by atoms with van der Waals surface area (Å²) in [7, 11) is 0. The SMILES string of the molecule is [Br-].c1ccc(C[N+](Cc2ccccc2)(c2ccccc2)c2ccccc2)cc1. The summed E-state index contributed by atoms with van der Waals surface area (Å²) >= 11 is 0. The van der Waals surface area contributed by atoms with Gasteiger partial charge in [0, 0.05) is 11.1 Å². The Bertz CT molecular complexity index is 871. The number of quaternary nitrogens is 1. The Labute approximate surface area is 178 Å². The van der Waals surface area contributed by atoms with Crippen molar-refractivity contribution in [2.45, 2.75) is 13.1 Å². The number of nitrogens with zero attached hydrogens (tertiary/aromatic N) is 1. The fraction of sp³-hybridized carbons (Fsp3) is 0.0769. The summed E-state index contributed by atoms with van der Waals surface area (Å²) in [6, 6.07) is 43.3. The zero-order valence-electron chi connectivity index (χ0n) is 15.8. The first-order valence-electron chi connectivity index (χ1n) is 9.43. The van der Waals surface area contributed by atoms with Gasteiger partial charge in [0.1, 0.15) is 24.5 Å². The largest absolute Gasteiger partial charge is 1.00 e. The molecule has 4 rings (SSSR count). The lowest BCUT2D eigenvalue weighted by Gasteiger charge is -2.38. The fourth-order valence-electron chi connectivity index (χ4n) is 3.79. The Morgan fingerprint density at radius 3 is 1.00 bits per heavy atom. The van der Waals surface area contributed by atoms with E-state index in [9.17, 15) is 0 Å². The molecule has 0 fully saturated rings. The van der Waals surface area contributed by atoms with Gasteiger partial charge >= 0.3 is 0 Å². The molecule has 0 saturated carbocycles. The lowest BCUT2D eigenvalue weighted by Crippen LogP contribution is -3.00. The van der Waals surface area contributed by atoms with Gasteiger partial charge in [0.2, 0.25) is 0 Å². The number of benzene rings is 4. The van der Waals surface area contributed by atoms with Crippen LogP contribution in [0.1, 0.15) is 11.1 Å². The molecule has 0 unspecified atom stereocenters. The van der Waals surface area contributed by atoms with E-state index in [2.05, 4.69) is 121 Å². The molecule has 0 bridgehead atoms. The van der Waals surface area contributed by atoms with Crippen LogP contribution in [-0.4, -0.2) is 0 Å². The van der Waals surface area contributed by atoms with Crippen LogP contribution in [0.4, 0.5) is 11.4 Å². The van der Waals surface area contributed by atoms with Crippen LogP contribution in [0.25, 0.3) is 0 Å². The lowest BCUT2D eigenvalue weighted by molar-refractivity contribution is -0.00000535. The van der Waals surface area contributed by atoms with Crippen molar-refractivity contribution in [1.29, 1.82) is 0 Å².